The third-order valence-corrected chi connectivity index (χ3v) is 7.41. The van der Waals surface area contributed by atoms with Crippen molar-refractivity contribution in [2.45, 2.75) is 50.0 Å². The van der Waals surface area contributed by atoms with Gasteiger partial charge in [-0.1, -0.05) is 36.4 Å². The van der Waals surface area contributed by atoms with Crippen LogP contribution in [0.15, 0.2) is 60.9 Å². The van der Waals surface area contributed by atoms with E-state index >= 15 is 0 Å². The smallest absolute Gasteiger partial charge is 0.326 e. The Bertz CT molecular complexity index is 1580. The van der Waals surface area contributed by atoms with Crippen LogP contribution in [-0.4, -0.2) is 79.9 Å². The van der Waals surface area contributed by atoms with Gasteiger partial charge in [-0.25, -0.2) is 4.79 Å². The Morgan fingerprint density at radius 3 is 1.86 bits per heavy atom. The van der Waals surface area contributed by atoms with Gasteiger partial charge >= 0.3 is 5.97 Å². The van der Waals surface area contributed by atoms with Crippen LogP contribution in [0.25, 0.3) is 21.8 Å². The number of hydrogen-bond acceptors (Lipinski definition) is 7. The number of H-pyrrole nitrogens is 2. The molecule has 9 N–H and O–H groups in total. The maximum absolute atomic E-state index is 13.1. The summed E-state index contributed by atoms with van der Waals surface area (Å²) in [6.45, 7) is 1.31. The first-order valence-corrected chi connectivity index (χ1v) is 14.0. The Morgan fingerprint density at radius 2 is 1.33 bits per heavy atom. The van der Waals surface area contributed by atoms with E-state index in [0.717, 1.165) is 27.4 Å². The van der Waals surface area contributed by atoms with Crippen molar-refractivity contribution in [1.29, 1.82) is 0 Å². The molecular formula is C29H34N6O6S. The fraction of sp³-hybridized carbons (Fsp3) is 0.310. The van der Waals surface area contributed by atoms with Crippen molar-refractivity contribution >= 4 is 58.1 Å². The Labute approximate surface area is 246 Å². The van der Waals surface area contributed by atoms with Gasteiger partial charge in [0.05, 0.1) is 12.1 Å². The zero-order valence-corrected chi connectivity index (χ0v) is 23.7. The van der Waals surface area contributed by atoms with E-state index in [4.69, 9.17) is 5.73 Å². The zero-order valence-electron chi connectivity index (χ0n) is 22.8. The molecule has 4 aromatic rings. The molecule has 0 bridgehead atoms. The highest BCUT2D eigenvalue weighted by atomic mass is 32.1. The number of rotatable bonds is 13. The summed E-state index contributed by atoms with van der Waals surface area (Å²) in [6.07, 6.45) is 2.29. The van der Waals surface area contributed by atoms with Crippen molar-refractivity contribution < 1.29 is 29.4 Å². The van der Waals surface area contributed by atoms with Gasteiger partial charge in [0.15, 0.2) is 0 Å². The number of carboxylic acids is 1. The van der Waals surface area contributed by atoms with Crippen molar-refractivity contribution in [3.05, 3.63) is 72.1 Å². The lowest BCUT2D eigenvalue weighted by molar-refractivity contribution is -0.142. The molecule has 3 amide bonds. The third kappa shape index (κ3) is 7.11. The van der Waals surface area contributed by atoms with E-state index in [1.165, 1.54) is 6.92 Å². The molecule has 0 radical (unpaired) electrons. The highest BCUT2D eigenvalue weighted by Crippen LogP contribution is 2.20. The van der Waals surface area contributed by atoms with Gasteiger partial charge in [-0.2, -0.15) is 12.6 Å². The van der Waals surface area contributed by atoms with Gasteiger partial charge < -0.3 is 41.9 Å². The molecule has 0 aliphatic carbocycles. The van der Waals surface area contributed by atoms with E-state index in [-0.39, 0.29) is 18.6 Å². The number of aliphatic hydroxyl groups is 1. The van der Waals surface area contributed by atoms with Crippen LogP contribution in [0.1, 0.15) is 18.1 Å². The maximum atomic E-state index is 13.1. The maximum Gasteiger partial charge on any atom is 0.326 e. The second-order valence-corrected chi connectivity index (χ2v) is 10.5. The predicted octanol–water partition coefficient (Wildman–Crippen LogP) is 0.611. The summed E-state index contributed by atoms with van der Waals surface area (Å²) in [6, 6.07) is 9.93. The van der Waals surface area contributed by atoms with Crippen LogP contribution in [-0.2, 0) is 32.0 Å². The Hall–Kier alpha value is -4.33. The number of aromatic amines is 2. The number of carbonyl (C=O) groups is 4. The van der Waals surface area contributed by atoms with E-state index in [1.807, 2.05) is 48.5 Å². The van der Waals surface area contributed by atoms with Crippen LogP contribution in [0.5, 0.6) is 0 Å². The topological polar surface area (TPSA) is 202 Å². The van der Waals surface area contributed by atoms with Crippen LogP contribution >= 0.6 is 12.6 Å². The molecule has 4 rings (SSSR count). The zero-order chi connectivity index (χ0) is 30.4. The summed E-state index contributed by atoms with van der Waals surface area (Å²) in [7, 11) is 0. The number of nitrogens with two attached hydrogens (primary N) is 1. The summed E-state index contributed by atoms with van der Waals surface area (Å²) in [4.78, 5) is 57.1. The van der Waals surface area contributed by atoms with Crippen molar-refractivity contribution in [2.75, 3.05) is 5.75 Å². The first kappa shape index (κ1) is 30.6. The van der Waals surface area contributed by atoms with Gasteiger partial charge in [-0.05, 0) is 36.6 Å². The lowest BCUT2D eigenvalue weighted by atomic mass is 10.0. The Balaban J connectivity index is 1.38. The van der Waals surface area contributed by atoms with Gasteiger partial charge in [0.1, 0.15) is 18.1 Å². The summed E-state index contributed by atoms with van der Waals surface area (Å²) >= 11 is 4.14. The fourth-order valence-electron chi connectivity index (χ4n) is 4.74. The monoisotopic (exact) mass is 594 g/mol. The highest BCUT2D eigenvalue weighted by molar-refractivity contribution is 7.80. The molecule has 2 aromatic heterocycles. The van der Waals surface area contributed by atoms with Gasteiger partial charge in [0.2, 0.25) is 17.7 Å². The van der Waals surface area contributed by atoms with Gasteiger partial charge in [-0.3, -0.25) is 14.4 Å². The molecule has 5 atom stereocenters. The van der Waals surface area contributed by atoms with Gasteiger partial charge in [0.25, 0.3) is 0 Å². The SMILES string of the molecule is CC(O)C(NC(=O)C(N)Cc1c[nH]c2ccccc12)C(=O)NC(CS)C(=O)NC(Cc1c[nH]c2ccccc12)C(=O)O. The second-order valence-electron chi connectivity index (χ2n) is 10.1. The molecular weight excluding hydrogens is 560 g/mol. The molecule has 0 fully saturated rings. The van der Waals surface area contributed by atoms with E-state index in [1.54, 1.807) is 12.4 Å². The number of benzene rings is 2. The lowest BCUT2D eigenvalue weighted by Gasteiger charge is -2.26. The third-order valence-electron chi connectivity index (χ3n) is 7.04. The quantitative estimate of drug-likeness (QED) is 0.101. The molecule has 12 nitrogen and oxygen atoms in total. The minimum Gasteiger partial charge on any atom is -0.480 e. The number of nitrogens with one attached hydrogen (secondary N) is 5. The standard InChI is InChI=1S/C29H34N6O6S/c1-15(36)25(35-26(37)20(30)10-16-12-31-21-8-4-2-6-18(16)21)28(39)34-24(14-42)27(38)33-23(29(40)41)11-17-13-32-22-9-5-3-7-19(17)22/h2-9,12-13,15,20,23-25,31-32,36,42H,10-11,14,30H2,1H3,(H,33,38)(H,34,39)(H,35,37)(H,40,41). The predicted molar refractivity (Wildman–Crippen MR) is 161 cm³/mol. The van der Waals surface area contributed by atoms with Gasteiger partial charge in [-0.15, -0.1) is 0 Å². The molecule has 0 aliphatic rings. The summed E-state index contributed by atoms with van der Waals surface area (Å²) in [5.74, 6) is -3.72. The normalized spacial score (nSPS) is 15.0. The van der Waals surface area contributed by atoms with Gasteiger partial charge in [0, 0.05) is 46.4 Å². The Kier molecular flexibility index (Phi) is 9.88. The molecule has 2 heterocycles. The molecule has 2 aromatic carbocycles. The largest absolute Gasteiger partial charge is 0.480 e. The van der Waals surface area contributed by atoms with Crippen molar-refractivity contribution in [2.24, 2.45) is 5.73 Å². The first-order chi connectivity index (χ1) is 20.1. The Morgan fingerprint density at radius 1 is 0.810 bits per heavy atom. The van der Waals surface area contributed by atoms with Crippen molar-refractivity contribution in [3.63, 3.8) is 0 Å². The molecule has 0 spiro atoms. The van der Waals surface area contributed by atoms with Crippen LogP contribution in [0.2, 0.25) is 0 Å². The first-order valence-electron chi connectivity index (χ1n) is 13.4. The van der Waals surface area contributed by atoms with Crippen molar-refractivity contribution in [1.82, 2.24) is 25.9 Å². The number of carbonyl (C=O) groups excluding carboxylic acids is 3. The van der Waals surface area contributed by atoms with Crippen molar-refractivity contribution in [3.8, 4) is 0 Å². The molecule has 5 unspecified atom stereocenters. The minimum atomic E-state index is -1.43. The molecule has 0 saturated carbocycles. The number of aliphatic carboxylic acids is 1. The molecule has 222 valence electrons. The van der Waals surface area contributed by atoms with E-state index in [2.05, 4.69) is 38.5 Å². The average molecular weight is 595 g/mol. The number of amides is 3. The highest BCUT2D eigenvalue weighted by Gasteiger charge is 2.32. The lowest BCUT2D eigenvalue weighted by Crippen LogP contribution is -2.60. The van der Waals surface area contributed by atoms with E-state index in [0.29, 0.717) is 5.56 Å². The van der Waals surface area contributed by atoms with Crippen LogP contribution in [0.3, 0.4) is 0 Å². The number of thiol groups is 1. The number of aliphatic hydroxyl groups excluding tert-OH is 1. The van der Waals surface area contributed by atoms with E-state index in [9.17, 15) is 29.4 Å². The summed E-state index contributed by atoms with van der Waals surface area (Å²) in [5, 5.41) is 29.1. The minimum absolute atomic E-state index is 0.000993. The molecule has 0 saturated heterocycles. The fourth-order valence-corrected chi connectivity index (χ4v) is 5.00. The average Bonchev–Trinajstić information content (AvgIpc) is 3.57. The number of para-hydroxylation sites is 2. The van der Waals surface area contributed by atoms with Crippen LogP contribution < -0.4 is 21.7 Å². The molecule has 13 heteroatoms. The van der Waals surface area contributed by atoms with Crippen LogP contribution in [0, 0.1) is 0 Å². The number of fused-ring (bicyclic) bond motifs is 2. The number of carboxylic acid groups (broad SMARTS) is 1. The van der Waals surface area contributed by atoms with Crippen LogP contribution in [0.4, 0.5) is 0 Å². The second kappa shape index (κ2) is 13.6. The number of hydrogen-bond donors (Lipinski definition) is 9. The summed E-state index contributed by atoms with van der Waals surface area (Å²) < 4.78 is 0. The number of aromatic nitrogens is 2. The summed E-state index contributed by atoms with van der Waals surface area (Å²) in [5.41, 5.74) is 9.36. The molecule has 42 heavy (non-hydrogen) atoms. The van der Waals surface area contributed by atoms with E-state index < -0.39 is 54.0 Å². The molecule has 0 aliphatic heterocycles.